The first-order valence-electron chi connectivity index (χ1n) is 7.22. The van der Waals surface area contributed by atoms with Crippen LogP contribution in [0.15, 0.2) is 34.2 Å². The maximum absolute atomic E-state index is 13.7. The minimum atomic E-state index is -0.671. The largest absolute Gasteiger partial charge is 0.448 e. The lowest BCUT2D eigenvalue weighted by Crippen LogP contribution is -2.10. The maximum atomic E-state index is 13.7. The Bertz CT molecular complexity index is 862. The van der Waals surface area contributed by atoms with E-state index in [-0.39, 0.29) is 17.4 Å². The van der Waals surface area contributed by atoms with Gasteiger partial charge in [0, 0.05) is 11.8 Å². The smallest absolute Gasteiger partial charge is 0.358 e. The van der Waals surface area contributed by atoms with Crippen molar-refractivity contribution in [3.05, 3.63) is 63.4 Å². The first-order chi connectivity index (χ1) is 11.5. The van der Waals surface area contributed by atoms with Crippen LogP contribution in [0.4, 0.5) is 4.39 Å². The van der Waals surface area contributed by atoms with Gasteiger partial charge in [0.15, 0.2) is 17.6 Å². The summed E-state index contributed by atoms with van der Waals surface area (Å²) in [7, 11) is 0. The molecule has 2 heterocycles. The van der Waals surface area contributed by atoms with Crippen LogP contribution in [-0.4, -0.2) is 21.1 Å². The summed E-state index contributed by atoms with van der Waals surface area (Å²) in [4.78, 5) is 20.3. The first-order valence-corrected chi connectivity index (χ1v) is 8.10. The summed E-state index contributed by atoms with van der Waals surface area (Å²) < 4.78 is 23.9. The number of carbonyl (C=O) groups is 1. The lowest BCUT2D eigenvalue weighted by molar-refractivity contribution is 0.0259. The Labute approximate surface area is 141 Å². The van der Waals surface area contributed by atoms with Gasteiger partial charge in [-0.1, -0.05) is 23.4 Å². The normalized spacial score (nSPS) is 12.1. The number of hydrogen-bond donors (Lipinski definition) is 0. The quantitative estimate of drug-likeness (QED) is 0.658. The van der Waals surface area contributed by atoms with E-state index in [2.05, 4.69) is 15.1 Å². The van der Waals surface area contributed by atoms with Crippen LogP contribution in [0.5, 0.6) is 0 Å². The second kappa shape index (κ2) is 6.88. The summed E-state index contributed by atoms with van der Waals surface area (Å²) in [6.07, 6.45) is -0.348. The van der Waals surface area contributed by atoms with Gasteiger partial charge in [0.25, 0.3) is 5.89 Å². The lowest BCUT2D eigenvalue weighted by Gasteiger charge is -2.07. The van der Waals surface area contributed by atoms with Crippen molar-refractivity contribution < 1.29 is 18.4 Å². The Morgan fingerprint density at radius 2 is 2.17 bits per heavy atom. The second-order valence-electron chi connectivity index (χ2n) is 5.12. The number of aryl methyl sites for hydroxylation is 1. The number of halogens is 1. The average Bonchev–Trinajstić information content (AvgIpc) is 3.19. The zero-order chi connectivity index (χ0) is 17.1. The number of carbonyl (C=O) groups excluding carboxylic acids is 1. The molecular weight excluding hydrogens is 333 g/mol. The van der Waals surface area contributed by atoms with Gasteiger partial charge in [0.1, 0.15) is 5.82 Å². The summed E-state index contributed by atoms with van der Waals surface area (Å²) in [5.74, 6) is -0.192. The van der Waals surface area contributed by atoms with Gasteiger partial charge in [-0.25, -0.2) is 14.2 Å². The summed E-state index contributed by atoms with van der Waals surface area (Å²) in [5.41, 5.74) is 0.705. The zero-order valence-corrected chi connectivity index (χ0v) is 13.8. The summed E-state index contributed by atoms with van der Waals surface area (Å²) in [6.45, 7) is 3.31. The van der Waals surface area contributed by atoms with Crippen LogP contribution in [-0.2, 0) is 11.2 Å². The highest BCUT2D eigenvalue weighted by molar-refractivity contribution is 7.09. The van der Waals surface area contributed by atoms with Crippen molar-refractivity contribution in [2.45, 2.75) is 26.4 Å². The fraction of sp³-hybridized carbons (Fsp3) is 0.250. The SMILES string of the molecule is Cc1noc([C@@H](C)OC(=O)c2csc(Cc3ccccc3F)n2)n1. The molecule has 0 bridgehead atoms. The van der Waals surface area contributed by atoms with Gasteiger partial charge >= 0.3 is 5.97 Å². The molecule has 0 aliphatic rings. The second-order valence-corrected chi connectivity index (χ2v) is 6.06. The van der Waals surface area contributed by atoms with Gasteiger partial charge in [-0.3, -0.25) is 0 Å². The molecule has 3 aromatic rings. The van der Waals surface area contributed by atoms with Gasteiger partial charge in [0.2, 0.25) is 0 Å². The Morgan fingerprint density at radius 1 is 1.38 bits per heavy atom. The van der Waals surface area contributed by atoms with Gasteiger partial charge in [0.05, 0.1) is 5.01 Å². The molecule has 0 radical (unpaired) electrons. The van der Waals surface area contributed by atoms with Crippen molar-refractivity contribution in [3.8, 4) is 0 Å². The van der Waals surface area contributed by atoms with Gasteiger partial charge in [-0.15, -0.1) is 11.3 Å². The van der Waals surface area contributed by atoms with E-state index in [1.54, 1.807) is 37.4 Å². The fourth-order valence-corrected chi connectivity index (χ4v) is 2.83. The summed E-state index contributed by atoms with van der Waals surface area (Å²) in [6, 6.07) is 6.47. The van der Waals surface area contributed by atoms with E-state index in [9.17, 15) is 9.18 Å². The van der Waals surface area contributed by atoms with Crippen LogP contribution in [0.3, 0.4) is 0 Å². The van der Waals surface area contributed by atoms with Crippen molar-refractivity contribution in [1.29, 1.82) is 0 Å². The van der Waals surface area contributed by atoms with E-state index in [1.807, 2.05) is 0 Å². The van der Waals surface area contributed by atoms with Crippen LogP contribution in [0.25, 0.3) is 0 Å². The van der Waals surface area contributed by atoms with E-state index in [0.717, 1.165) is 0 Å². The van der Waals surface area contributed by atoms with Gasteiger partial charge in [-0.05, 0) is 25.5 Å². The highest BCUT2D eigenvalue weighted by Gasteiger charge is 2.21. The molecular formula is C16H14FN3O3S. The monoisotopic (exact) mass is 347 g/mol. The number of aromatic nitrogens is 3. The highest BCUT2D eigenvalue weighted by atomic mass is 32.1. The molecule has 124 valence electrons. The van der Waals surface area contributed by atoms with Crippen molar-refractivity contribution in [1.82, 2.24) is 15.1 Å². The highest BCUT2D eigenvalue weighted by Crippen LogP contribution is 2.20. The van der Waals surface area contributed by atoms with E-state index in [4.69, 9.17) is 9.26 Å². The van der Waals surface area contributed by atoms with Crippen molar-refractivity contribution >= 4 is 17.3 Å². The molecule has 1 aromatic carbocycles. The van der Waals surface area contributed by atoms with E-state index < -0.39 is 12.1 Å². The van der Waals surface area contributed by atoms with Crippen LogP contribution in [0.2, 0.25) is 0 Å². The van der Waals surface area contributed by atoms with Crippen LogP contribution < -0.4 is 0 Å². The molecule has 1 atom stereocenters. The number of esters is 1. The average molecular weight is 347 g/mol. The Hall–Kier alpha value is -2.61. The molecule has 0 N–H and O–H groups in total. The topological polar surface area (TPSA) is 78.1 Å². The molecule has 0 aliphatic carbocycles. The minimum absolute atomic E-state index is 0.175. The van der Waals surface area contributed by atoms with E-state index in [1.165, 1.54) is 17.4 Å². The number of rotatable bonds is 5. The van der Waals surface area contributed by atoms with Gasteiger partial charge in [-0.2, -0.15) is 4.98 Å². The van der Waals surface area contributed by atoms with Crippen LogP contribution in [0, 0.1) is 12.7 Å². The summed E-state index contributed by atoms with van der Waals surface area (Å²) in [5, 5.41) is 5.87. The lowest BCUT2D eigenvalue weighted by atomic mass is 10.1. The minimum Gasteiger partial charge on any atom is -0.448 e. The Kier molecular flexibility index (Phi) is 4.66. The molecule has 0 amide bonds. The van der Waals surface area contributed by atoms with E-state index >= 15 is 0 Å². The molecule has 0 saturated carbocycles. The fourth-order valence-electron chi connectivity index (χ4n) is 2.04. The molecule has 3 rings (SSSR count). The van der Waals surface area contributed by atoms with Gasteiger partial charge < -0.3 is 9.26 Å². The first kappa shape index (κ1) is 16.3. The van der Waals surface area contributed by atoms with Crippen LogP contribution >= 0.6 is 11.3 Å². The van der Waals surface area contributed by atoms with E-state index in [0.29, 0.717) is 22.8 Å². The van der Waals surface area contributed by atoms with Crippen LogP contribution in [0.1, 0.15) is 45.8 Å². The third-order valence-corrected chi connectivity index (χ3v) is 4.08. The van der Waals surface area contributed by atoms with Crippen molar-refractivity contribution in [2.24, 2.45) is 0 Å². The molecule has 8 heteroatoms. The predicted octanol–water partition coefficient (Wildman–Crippen LogP) is 3.48. The van der Waals surface area contributed by atoms with Crippen molar-refractivity contribution in [3.63, 3.8) is 0 Å². The molecule has 24 heavy (non-hydrogen) atoms. The molecule has 0 fully saturated rings. The predicted molar refractivity (Wildman–Crippen MR) is 84.2 cm³/mol. The number of ether oxygens (including phenoxy) is 1. The molecule has 0 unspecified atom stereocenters. The number of thiazole rings is 1. The molecule has 0 spiro atoms. The third kappa shape index (κ3) is 3.65. The number of benzene rings is 1. The summed E-state index contributed by atoms with van der Waals surface area (Å²) >= 11 is 1.28. The Balaban J connectivity index is 1.66. The van der Waals surface area contributed by atoms with Crippen molar-refractivity contribution in [2.75, 3.05) is 0 Å². The Morgan fingerprint density at radius 3 is 2.88 bits per heavy atom. The maximum Gasteiger partial charge on any atom is 0.358 e. The number of nitrogens with zero attached hydrogens (tertiary/aromatic N) is 3. The number of hydrogen-bond acceptors (Lipinski definition) is 7. The molecule has 2 aromatic heterocycles. The third-order valence-electron chi connectivity index (χ3n) is 3.24. The molecule has 6 nitrogen and oxygen atoms in total. The molecule has 0 saturated heterocycles. The standard InChI is InChI=1S/C16H14FN3O3S/c1-9(15-18-10(2)20-23-15)22-16(21)13-8-24-14(19-13)7-11-5-3-4-6-12(11)17/h3-6,8-9H,7H2,1-2H3/t9-/m1/s1. The zero-order valence-electron chi connectivity index (χ0n) is 13.0. The molecule has 0 aliphatic heterocycles.